The van der Waals surface area contributed by atoms with E-state index in [1.54, 1.807) is 11.8 Å². The summed E-state index contributed by atoms with van der Waals surface area (Å²) >= 11 is 0. The van der Waals surface area contributed by atoms with Gasteiger partial charge in [0, 0.05) is 32.1 Å². The van der Waals surface area contributed by atoms with Crippen molar-refractivity contribution in [2.75, 3.05) is 32.7 Å². The largest absolute Gasteiger partial charge is 0.335 e. The standard InChI is InChI=1S/C22H41N3O2/c1-4-23(5-2)16-17-24(19(3)26)18-22(27)25(20-12-8-6-9-13-20)21-14-10-7-11-15-21/h20-21H,4-18H2,1-3H3. The highest BCUT2D eigenvalue weighted by atomic mass is 16.2. The van der Waals surface area contributed by atoms with E-state index >= 15 is 0 Å². The molecular weight excluding hydrogens is 338 g/mol. The number of hydrogen-bond acceptors (Lipinski definition) is 3. The summed E-state index contributed by atoms with van der Waals surface area (Å²) in [6.45, 7) is 9.57. The molecule has 0 aromatic carbocycles. The fourth-order valence-electron chi connectivity index (χ4n) is 4.82. The van der Waals surface area contributed by atoms with E-state index in [2.05, 4.69) is 23.6 Å². The lowest BCUT2D eigenvalue weighted by Crippen LogP contribution is -2.53. The van der Waals surface area contributed by atoms with E-state index < -0.39 is 0 Å². The van der Waals surface area contributed by atoms with Crippen molar-refractivity contribution in [1.29, 1.82) is 0 Å². The number of rotatable bonds is 9. The van der Waals surface area contributed by atoms with Crippen LogP contribution in [0.25, 0.3) is 0 Å². The Hall–Kier alpha value is -1.10. The van der Waals surface area contributed by atoms with Crippen LogP contribution in [0.1, 0.15) is 85.0 Å². The number of likely N-dealkylation sites (N-methyl/N-ethyl adjacent to an activating group) is 1. The highest BCUT2D eigenvalue weighted by Crippen LogP contribution is 2.30. The summed E-state index contributed by atoms with van der Waals surface area (Å²) in [6.07, 6.45) is 12.1. The summed E-state index contributed by atoms with van der Waals surface area (Å²) in [5.41, 5.74) is 0. The van der Waals surface area contributed by atoms with E-state index in [1.165, 1.54) is 38.5 Å². The molecule has 2 aliphatic carbocycles. The van der Waals surface area contributed by atoms with Gasteiger partial charge < -0.3 is 14.7 Å². The first-order valence-corrected chi connectivity index (χ1v) is 11.4. The van der Waals surface area contributed by atoms with Gasteiger partial charge >= 0.3 is 0 Å². The maximum absolute atomic E-state index is 13.4. The molecule has 0 unspecified atom stereocenters. The molecule has 2 amide bonds. The van der Waals surface area contributed by atoms with Gasteiger partial charge in [-0.15, -0.1) is 0 Å². The number of hydrogen-bond donors (Lipinski definition) is 0. The predicted molar refractivity (Wildman–Crippen MR) is 111 cm³/mol. The molecule has 0 radical (unpaired) electrons. The minimum atomic E-state index is 0.0164. The fraction of sp³-hybridized carbons (Fsp3) is 0.909. The molecule has 0 N–H and O–H groups in total. The van der Waals surface area contributed by atoms with Crippen LogP contribution in [0.2, 0.25) is 0 Å². The summed E-state index contributed by atoms with van der Waals surface area (Å²) < 4.78 is 0. The second-order valence-corrected chi connectivity index (χ2v) is 8.35. The molecule has 2 saturated carbocycles. The molecule has 2 aliphatic rings. The van der Waals surface area contributed by atoms with Crippen molar-refractivity contribution in [2.24, 2.45) is 0 Å². The summed E-state index contributed by atoms with van der Waals surface area (Å²) in [7, 11) is 0. The molecule has 0 aromatic rings. The molecule has 2 fully saturated rings. The molecule has 0 bridgehead atoms. The van der Waals surface area contributed by atoms with Gasteiger partial charge in [0.25, 0.3) is 0 Å². The molecule has 5 heteroatoms. The van der Waals surface area contributed by atoms with Crippen molar-refractivity contribution >= 4 is 11.8 Å². The second kappa shape index (κ2) is 11.7. The number of amides is 2. The molecule has 156 valence electrons. The van der Waals surface area contributed by atoms with Gasteiger partial charge in [0.1, 0.15) is 0 Å². The van der Waals surface area contributed by atoms with Crippen molar-refractivity contribution in [3.63, 3.8) is 0 Å². The third kappa shape index (κ3) is 6.78. The van der Waals surface area contributed by atoms with Crippen molar-refractivity contribution in [3.05, 3.63) is 0 Å². The van der Waals surface area contributed by atoms with Gasteiger partial charge in [-0.2, -0.15) is 0 Å². The van der Waals surface area contributed by atoms with Gasteiger partial charge in [-0.3, -0.25) is 9.59 Å². The molecule has 2 rings (SSSR count). The lowest BCUT2D eigenvalue weighted by molar-refractivity contribution is -0.144. The van der Waals surface area contributed by atoms with Crippen molar-refractivity contribution in [2.45, 2.75) is 97.1 Å². The quantitative estimate of drug-likeness (QED) is 0.614. The Balaban J connectivity index is 2.03. The Morgan fingerprint density at radius 3 is 1.67 bits per heavy atom. The van der Waals surface area contributed by atoms with E-state index in [0.29, 0.717) is 18.6 Å². The average molecular weight is 380 g/mol. The van der Waals surface area contributed by atoms with Crippen LogP contribution in [-0.2, 0) is 9.59 Å². The van der Waals surface area contributed by atoms with E-state index in [0.717, 1.165) is 45.3 Å². The first kappa shape index (κ1) is 22.2. The molecule has 0 aromatic heterocycles. The van der Waals surface area contributed by atoms with Gasteiger partial charge in [-0.05, 0) is 38.8 Å². The van der Waals surface area contributed by atoms with Crippen LogP contribution in [0, 0.1) is 0 Å². The highest BCUT2D eigenvalue weighted by molar-refractivity contribution is 5.84. The smallest absolute Gasteiger partial charge is 0.242 e. The molecular formula is C22H41N3O2. The van der Waals surface area contributed by atoms with Gasteiger partial charge in [-0.25, -0.2) is 0 Å². The Bertz CT molecular complexity index is 434. The van der Waals surface area contributed by atoms with Crippen molar-refractivity contribution < 1.29 is 9.59 Å². The third-order valence-electron chi connectivity index (χ3n) is 6.58. The lowest BCUT2D eigenvalue weighted by Gasteiger charge is -2.42. The van der Waals surface area contributed by atoms with Crippen LogP contribution >= 0.6 is 0 Å². The summed E-state index contributed by atoms with van der Waals surface area (Å²) in [5.74, 6) is 0.200. The van der Waals surface area contributed by atoms with Gasteiger partial charge in [0.15, 0.2) is 0 Å². The second-order valence-electron chi connectivity index (χ2n) is 8.35. The zero-order chi connectivity index (χ0) is 19.6. The number of carbonyl (C=O) groups is 2. The Labute approximate surface area is 166 Å². The highest BCUT2D eigenvalue weighted by Gasteiger charge is 2.33. The third-order valence-corrected chi connectivity index (χ3v) is 6.58. The maximum Gasteiger partial charge on any atom is 0.242 e. The van der Waals surface area contributed by atoms with Crippen LogP contribution in [0.4, 0.5) is 0 Å². The topological polar surface area (TPSA) is 43.9 Å². The van der Waals surface area contributed by atoms with Crippen molar-refractivity contribution in [1.82, 2.24) is 14.7 Å². The maximum atomic E-state index is 13.4. The Morgan fingerprint density at radius 2 is 1.26 bits per heavy atom. The SMILES string of the molecule is CCN(CC)CCN(CC(=O)N(C1CCCCC1)C1CCCCC1)C(C)=O. The Morgan fingerprint density at radius 1 is 0.778 bits per heavy atom. The van der Waals surface area contributed by atoms with Gasteiger partial charge in [0.05, 0.1) is 6.54 Å². The number of carbonyl (C=O) groups excluding carboxylic acids is 2. The summed E-state index contributed by atoms with van der Waals surface area (Å²) in [4.78, 5) is 31.8. The van der Waals surface area contributed by atoms with E-state index in [-0.39, 0.29) is 18.4 Å². The van der Waals surface area contributed by atoms with E-state index in [4.69, 9.17) is 0 Å². The Kier molecular flexibility index (Phi) is 9.60. The number of nitrogens with zero attached hydrogens (tertiary/aromatic N) is 3. The van der Waals surface area contributed by atoms with Crippen molar-refractivity contribution in [3.8, 4) is 0 Å². The first-order chi connectivity index (χ1) is 13.1. The summed E-state index contributed by atoms with van der Waals surface area (Å²) in [5, 5.41) is 0. The van der Waals surface area contributed by atoms with Crippen LogP contribution in [0.3, 0.4) is 0 Å². The van der Waals surface area contributed by atoms with E-state index in [9.17, 15) is 9.59 Å². The van der Waals surface area contributed by atoms with Crippen LogP contribution < -0.4 is 0 Å². The normalized spacial score (nSPS) is 19.3. The minimum absolute atomic E-state index is 0.0164. The van der Waals surface area contributed by atoms with Crippen LogP contribution in [0.15, 0.2) is 0 Å². The first-order valence-electron chi connectivity index (χ1n) is 11.4. The molecule has 5 nitrogen and oxygen atoms in total. The average Bonchev–Trinajstić information content (AvgIpc) is 2.69. The summed E-state index contributed by atoms with van der Waals surface area (Å²) in [6, 6.07) is 0.789. The van der Waals surface area contributed by atoms with Crippen LogP contribution in [-0.4, -0.2) is 71.3 Å². The minimum Gasteiger partial charge on any atom is -0.335 e. The monoisotopic (exact) mass is 379 g/mol. The predicted octanol–water partition coefficient (Wildman–Crippen LogP) is 3.67. The molecule has 0 heterocycles. The zero-order valence-corrected chi connectivity index (χ0v) is 17.9. The molecule has 0 atom stereocenters. The fourth-order valence-corrected chi connectivity index (χ4v) is 4.82. The lowest BCUT2D eigenvalue weighted by atomic mass is 9.88. The zero-order valence-electron chi connectivity index (χ0n) is 17.9. The van der Waals surface area contributed by atoms with Crippen LogP contribution in [0.5, 0.6) is 0 Å². The molecule has 0 aliphatic heterocycles. The molecule has 0 spiro atoms. The van der Waals surface area contributed by atoms with E-state index in [1.807, 2.05) is 0 Å². The van der Waals surface area contributed by atoms with Gasteiger partial charge in [-0.1, -0.05) is 52.4 Å². The van der Waals surface area contributed by atoms with Gasteiger partial charge in [0.2, 0.25) is 11.8 Å². The molecule has 27 heavy (non-hydrogen) atoms. The molecule has 0 saturated heterocycles.